The van der Waals surface area contributed by atoms with Crippen molar-refractivity contribution in [2.75, 3.05) is 0 Å². The standard InChI is InChI=1S/C7H7.2C5H11.C2H3.2Mg/c1-7-5-3-2-4-6-7;2*1-3-5-4-2;1-2;;/h2-6H,1H2;2*1,3-5H2,2H3;1H,2H2;;. The molecule has 0 saturated heterocycles. The molecular weight excluding hydrogens is 277 g/mol. The zero-order valence-corrected chi connectivity index (χ0v) is 17.3. The molecule has 0 nitrogen and oxygen atoms in total. The van der Waals surface area contributed by atoms with Gasteiger partial charge in [-0.15, -0.1) is 20.2 Å². The summed E-state index contributed by atoms with van der Waals surface area (Å²) < 4.78 is 6.53. The van der Waals surface area contributed by atoms with Crippen molar-refractivity contribution in [3.63, 3.8) is 0 Å². The van der Waals surface area contributed by atoms with Crippen molar-refractivity contribution < 1.29 is 0 Å². The van der Waals surface area contributed by atoms with Crippen molar-refractivity contribution in [1.29, 1.82) is 0 Å². The van der Waals surface area contributed by atoms with Gasteiger partial charge >= 0.3 is 40.7 Å². The molecule has 0 bridgehead atoms. The molecule has 21 heavy (non-hydrogen) atoms. The third-order valence-electron chi connectivity index (χ3n) is 3.67. The summed E-state index contributed by atoms with van der Waals surface area (Å²) in [6, 6.07) is 10.9. The largest absolute Gasteiger partial charge is 0.395 e. The molecular formula is C19H32Mg2. The van der Waals surface area contributed by atoms with E-state index in [0.717, 1.165) is 0 Å². The third kappa shape index (κ3) is 16.7. The van der Waals surface area contributed by atoms with Gasteiger partial charge in [-0.2, -0.15) is 0 Å². The summed E-state index contributed by atoms with van der Waals surface area (Å²) in [6.07, 6.45) is 8.47. The van der Waals surface area contributed by atoms with Crippen LogP contribution in [0, 0.1) is 0 Å². The van der Waals surface area contributed by atoms with Gasteiger partial charge in [-0.1, -0.05) is 88.3 Å². The monoisotopic (exact) mass is 308 g/mol. The molecule has 0 aliphatic carbocycles. The van der Waals surface area contributed by atoms with E-state index in [9.17, 15) is 0 Å². The SMILES string of the molecule is C=[CH][Mg][CH2]CCCC.CCCC[CH2][Mg][CH2]c1ccccc1. The Balaban J connectivity index is 0.000000433. The molecule has 2 heteroatoms. The molecule has 0 unspecified atom stereocenters. The number of rotatable bonds is 11. The molecule has 1 aromatic carbocycles. The van der Waals surface area contributed by atoms with Crippen molar-refractivity contribution in [2.45, 2.75) is 66.0 Å². The highest BCUT2D eigenvalue weighted by molar-refractivity contribution is 6.41. The van der Waals surface area contributed by atoms with Crippen LogP contribution in [0.25, 0.3) is 0 Å². The first kappa shape index (κ1) is 21.5. The van der Waals surface area contributed by atoms with Crippen LogP contribution in [0.2, 0.25) is 9.10 Å². The van der Waals surface area contributed by atoms with Crippen molar-refractivity contribution in [1.82, 2.24) is 0 Å². The second-order valence-corrected chi connectivity index (χ2v) is 9.56. The molecule has 0 radical (unpaired) electrons. The lowest BCUT2D eigenvalue weighted by atomic mass is 10.2. The molecule has 0 aromatic heterocycles. The highest BCUT2D eigenvalue weighted by Crippen LogP contribution is 2.03. The lowest BCUT2D eigenvalue weighted by Crippen LogP contribution is -1.95. The lowest BCUT2D eigenvalue weighted by Gasteiger charge is -1.98. The van der Waals surface area contributed by atoms with Crippen molar-refractivity contribution in [3.05, 3.63) is 46.7 Å². The average Bonchev–Trinajstić information content (AvgIpc) is 2.53. The normalized spacial score (nSPS) is 9.05. The Labute approximate surface area is 152 Å². The fraction of sp³-hybridized carbons (Fsp3) is 0.579. The van der Waals surface area contributed by atoms with Crippen LogP contribution in [0.1, 0.15) is 57.9 Å². The number of hydrogen-bond donors (Lipinski definition) is 0. The summed E-state index contributed by atoms with van der Waals surface area (Å²) in [4.78, 5) is 0. The zero-order chi connectivity index (χ0) is 15.6. The Morgan fingerprint density at radius 3 is 2.10 bits per heavy atom. The molecule has 0 spiro atoms. The average molecular weight is 309 g/mol. The molecule has 0 atom stereocenters. The molecule has 0 saturated carbocycles. The van der Waals surface area contributed by atoms with Gasteiger partial charge in [0.25, 0.3) is 0 Å². The van der Waals surface area contributed by atoms with Crippen molar-refractivity contribution >= 4 is 40.7 Å². The Hall–Kier alpha value is 0.492. The van der Waals surface area contributed by atoms with Gasteiger partial charge in [0.2, 0.25) is 0 Å². The molecule has 0 heterocycles. The predicted molar refractivity (Wildman–Crippen MR) is 101 cm³/mol. The molecule has 0 fully saturated rings. The predicted octanol–water partition coefficient (Wildman–Crippen LogP) is 5.94. The summed E-state index contributed by atoms with van der Waals surface area (Å²) in [5, 5.41) is 0. The first-order valence-electron chi connectivity index (χ1n) is 8.99. The second-order valence-electron chi connectivity index (χ2n) is 5.79. The Bertz CT molecular complexity index is 309. The van der Waals surface area contributed by atoms with Crippen LogP contribution in [0.4, 0.5) is 0 Å². The fourth-order valence-corrected chi connectivity index (χ4v) is 4.92. The summed E-state index contributed by atoms with van der Waals surface area (Å²) in [5.41, 5.74) is 1.55. The van der Waals surface area contributed by atoms with Crippen molar-refractivity contribution in [2.24, 2.45) is 0 Å². The van der Waals surface area contributed by atoms with Crippen LogP contribution in [-0.4, -0.2) is 40.7 Å². The molecule has 0 aliphatic rings. The minimum Gasteiger partial charge on any atom is -0.214 e. The van der Waals surface area contributed by atoms with Crippen LogP contribution in [0.3, 0.4) is 0 Å². The molecule has 1 rings (SSSR count). The van der Waals surface area contributed by atoms with Gasteiger partial charge in [0, 0.05) is 0 Å². The summed E-state index contributed by atoms with van der Waals surface area (Å²) in [7, 11) is 0. The summed E-state index contributed by atoms with van der Waals surface area (Å²) >= 11 is 0.358. The molecule has 1 aromatic rings. The fourth-order valence-electron chi connectivity index (χ4n) is 2.29. The zero-order valence-electron chi connectivity index (χ0n) is 14.4. The highest BCUT2D eigenvalue weighted by Gasteiger charge is 1.96. The van der Waals surface area contributed by atoms with E-state index in [-0.39, 0.29) is 40.7 Å². The van der Waals surface area contributed by atoms with E-state index < -0.39 is 0 Å². The van der Waals surface area contributed by atoms with Crippen LogP contribution in [-0.2, 0) is 4.55 Å². The Kier molecular flexibility index (Phi) is 19.0. The van der Waals surface area contributed by atoms with Gasteiger partial charge in [0.15, 0.2) is 0 Å². The summed E-state index contributed by atoms with van der Waals surface area (Å²) in [6.45, 7) is 8.24. The Morgan fingerprint density at radius 1 is 0.905 bits per heavy atom. The van der Waals surface area contributed by atoms with Crippen molar-refractivity contribution in [3.8, 4) is 0 Å². The Morgan fingerprint density at radius 2 is 1.52 bits per heavy atom. The smallest absolute Gasteiger partial charge is 0.214 e. The highest BCUT2D eigenvalue weighted by atomic mass is 24.5. The van der Waals surface area contributed by atoms with Gasteiger partial charge in [-0.25, -0.2) is 4.21 Å². The van der Waals surface area contributed by atoms with E-state index >= 15 is 0 Å². The molecule has 0 aliphatic heterocycles. The van der Waals surface area contributed by atoms with E-state index in [2.05, 4.69) is 55.0 Å². The molecule has 0 amide bonds. The number of unbranched alkanes of at least 4 members (excludes halogenated alkanes) is 4. The van der Waals surface area contributed by atoms with Gasteiger partial charge in [-0.3, -0.25) is 0 Å². The first-order chi connectivity index (χ1) is 10.3. The molecule has 112 valence electrons. The van der Waals surface area contributed by atoms with Gasteiger partial charge in [0.05, 0.1) is 0 Å². The van der Waals surface area contributed by atoms with E-state index in [1.165, 1.54) is 52.2 Å². The van der Waals surface area contributed by atoms with Crippen LogP contribution >= 0.6 is 0 Å². The quantitative estimate of drug-likeness (QED) is 0.350. The van der Waals surface area contributed by atoms with Crippen LogP contribution < -0.4 is 0 Å². The maximum Gasteiger partial charge on any atom is 0.395 e. The van der Waals surface area contributed by atoms with Gasteiger partial charge in [0.1, 0.15) is 0 Å². The lowest BCUT2D eigenvalue weighted by molar-refractivity contribution is 0.768. The minimum atomic E-state index is 0.165. The summed E-state index contributed by atoms with van der Waals surface area (Å²) in [5.74, 6) is 0. The maximum absolute atomic E-state index is 3.72. The van der Waals surface area contributed by atoms with E-state index in [0.29, 0.717) is 0 Å². The topological polar surface area (TPSA) is 0 Å². The van der Waals surface area contributed by atoms with Gasteiger partial charge < -0.3 is 0 Å². The van der Waals surface area contributed by atoms with E-state index in [1.54, 1.807) is 5.56 Å². The third-order valence-corrected chi connectivity index (χ3v) is 6.92. The van der Waals surface area contributed by atoms with E-state index in [4.69, 9.17) is 0 Å². The van der Waals surface area contributed by atoms with Crippen LogP contribution in [0.5, 0.6) is 0 Å². The van der Waals surface area contributed by atoms with Crippen LogP contribution in [0.15, 0.2) is 41.1 Å². The number of benzene rings is 1. The second kappa shape index (κ2) is 18.5. The minimum absolute atomic E-state index is 0.165. The molecule has 0 N–H and O–H groups in total. The first-order valence-corrected chi connectivity index (χ1v) is 12.8. The van der Waals surface area contributed by atoms with E-state index in [1.807, 2.05) is 0 Å². The maximum atomic E-state index is 3.72. The van der Waals surface area contributed by atoms with Gasteiger partial charge in [-0.05, 0) is 0 Å². The number of hydrogen-bond acceptors (Lipinski definition) is 0.